The minimum absolute atomic E-state index is 0.202. The van der Waals surface area contributed by atoms with E-state index in [1.807, 2.05) is 6.92 Å². The molecule has 114 valence electrons. The first-order chi connectivity index (χ1) is 9.88. The third-order valence-electron chi connectivity index (χ3n) is 3.55. The van der Waals surface area contributed by atoms with Crippen molar-refractivity contribution in [1.82, 2.24) is 10.3 Å². The maximum Gasteiger partial charge on any atom is 0.417 e. The summed E-state index contributed by atoms with van der Waals surface area (Å²) in [5, 5.41) is 13.3. The van der Waals surface area contributed by atoms with Gasteiger partial charge in [0.25, 0.3) is 0 Å². The van der Waals surface area contributed by atoms with Gasteiger partial charge in [-0.3, -0.25) is 5.32 Å². The molecule has 0 amide bonds. The first kappa shape index (κ1) is 16.1. The van der Waals surface area contributed by atoms with Crippen molar-refractivity contribution >= 4 is 11.8 Å². The van der Waals surface area contributed by atoms with Crippen molar-refractivity contribution in [3.63, 3.8) is 0 Å². The molecule has 1 N–H and O–H groups in total. The second-order valence-corrected chi connectivity index (χ2v) is 6.41. The number of halogens is 3. The van der Waals surface area contributed by atoms with Crippen LogP contribution in [0.4, 0.5) is 13.2 Å². The standard InChI is InChI=1S/C14H16F3N3S/c1-2-20-13(9-18)6-5-11(7-13)21-12-4-3-10(8-19-12)14(15,16)17/h3-4,8,11,20H,2,5-7H2,1H3. The maximum absolute atomic E-state index is 12.5. The Bertz CT molecular complexity index is 524. The summed E-state index contributed by atoms with van der Waals surface area (Å²) in [5.74, 6) is 0. The van der Waals surface area contributed by atoms with Gasteiger partial charge in [-0.15, -0.1) is 11.8 Å². The van der Waals surface area contributed by atoms with Gasteiger partial charge in [0.05, 0.1) is 16.7 Å². The number of rotatable bonds is 4. The molecule has 1 aliphatic carbocycles. The van der Waals surface area contributed by atoms with Gasteiger partial charge < -0.3 is 0 Å². The number of nitriles is 1. The van der Waals surface area contributed by atoms with Crippen LogP contribution in [-0.4, -0.2) is 22.3 Å². The molecule has 1 saturated carbocycles. The first-order valence-electron chi connectivity index (χ1n) is 6.75. The first-order valence-corrected chi connectivity index (χ1v) is 7.63. The van der Waals surface area contributed by atoms with E-state index in [1.165, 1.54) is 17.8 Å². The Balaban J connectivity index is 1.99. The summed E-state index contributed by atoms with van der Waals surface area (Å²) >= 11 is 1.44. The molecule has 1 fully saturated rings. The Labute approximate surface area is 125 Å². The van der Waals surface area contributed by atoms with E-state index in [9.17, 15) is 18.4 Å². The fourth-order valence-electron chi connectivity index (χ4n) is 2.53. The van der Waals surface area contributed by atoms with Crippen LogP contribution in [0.2, 0.25) is 0 Å². The van der Waals surface area contributed by atoms with Gasteiger partial charge in [-0.1, -0.05) is 6.92 Å². The number of pyridine rings is 1. The topological polar surface area (TPSA) is 48.7 Å². The minimum Gasteiger partial charge on any atom is -0.300 e. The van der Waals surface area contributed by atoms with Gasteiger partial charge in [-0.2, -0.15) is 18.4 Å². The highest BCUT2D eigenvalue weighted by Gasteiger charge is 2.39. The van der Waals surface area contributed by atoms with E-state index >= 15 is 0 Å². The van der Waals surface area contributed by atoms with Crippen molar-refractivity contribution < 1.29 is 13.2 Å². The van der Waals surface area contributed by atoms with Crippen molar-refractivity contribution in [2.45, 2.75) is 48.2 Å². The van der Waals surface area contributed by atoms with Gasteiger partial charge in [-0.05, 0) is 37.9 Å². The zero-order valence-corrected chi connectivity index (χ0v) is 12.4. The molecule has 3 nitrogen and oxygen atoms in total. The van der Waals surface area contributed by atoms with Crippen LogP contribution in [0.25, 0.3) is 0 Å². The zero-order valence-electron chi connectivity index (χ0n) is 11.6. The number of nitrogens with zero attached hydrogens (tertiary/aromatic N) is 2. The molecule has 2 rings (SSSR count). The molecule has 0 bridgehead atoms. The highest BCUT2D eigenvalue weighted by molar-refractivity contribution is 7.99. The van der Waals surface area contributed by atoms with Gasteiger partial charge in [0.2, 0.25) is 0 Å². The Kier molecular flexibility index (Phi) is 4.79. The lowest BCUT2D eigenvalue weighted by Gasteiger charge is -2.21. The highest BCUT2D eigenvalue weighted by atomic mass is 32.2. The lowest BCUT2D eigenvalue weighted by atomic mass is 10.0. The zero-order chi connectivity index (χ0) is 15.5. The van der Waals surface area contributed by atoms with E-state index in [0.717, 1.165) is 31.6 Å². The lowest BCUT2D eigenvalue weighted by Crippen LogP contribution is -2.41. The van der Waals surface area contributed by atoms with E-state index in [0.29, 0.717) is 11.4 Å². The summed E-state index contributed by atoms with van der Waals surface area (Å²) < 4.78 is 37.4. The van der Waals surface area contributed by atoms with Crippen LogP contribution in [0.5, 0.6) is 0 Å². The summed E-state index contributed by atoms with van der Waals surface area (Å²) in [6.07, 6.45) is -1.20. The fourth-order valence-corrected chi connectivity index (χ4v) is 3.73. The summed E-state index contributed by atoms with van der Waals surface area (Å²) in [5.41, 5.74) is -1.24. The molecule has 0 radical (unpaired) electrons. The van der Waals surface area contributed by atoms with Crippen LogP contribution in [0.1, 0.15) is 31.7 Å². The van der Waals surface area contributed by atoms with Crippen LogP contribution in [0, 0.1) is 11.3 Å². The van der Waals surface area contributed by atoms with Crippen LogP contribution < -0.4 is 5.32 Å². The molecular formula is C14H16F3N3S. The van der Waals surface area contributed by atoms with E-state index in [2.05, 4.69) is 16.4 Å². The second-order valence-electron chi connectivity index (χ2n) is 5.09. The quantitative estimate of drug-likeness (QED) is 0.922. The minimum atomic E-state index is -4.36. The van der Waals surface area contributed by atoms with Gasteiger partial charge >= 0.3 is 6.18 Å². The van der Waals surface area contributed by atoms with E-state index < -0.39 is 17.3 Å². The van der Waals surface area contributed by atoms with Crippen LogP contribution in [0.3, 0.4) is 0 Å². The SMILES string of the molecule is CCNC1(C#N)CCC(Sc2ccc(C(F)(F)F)cn2)C1. The largest absolute Gasteiger partial charge is 0.417 e. The number of aromatic nitrogens is 1. The Morgan fingerprint density at radius 2 is 2.29 bits per heavy atom. The van der Waals surface area contributed by atoms with Crippen molar-refractivity contribution in [1.29, 1.82) is 5.26 Å². The molecular weight excluding hydrogens is 299 g/mol. The molecule has 7 heteroatoms. The summed E-state index contributed by atoms with van der Waals surface area (Å²) in [6.45, 7) is 2.68. The molecule has 1 aliphatic rings. The van der Waals surface area contributed by atoms with Gasteiger partial charge in [0, 0.05) is 11.4 Å². The highest BCUT2D eigenvalue weighted by Crippen LogP contribution is 2.39. The molecule has 0 spiro atoms. The molecule has 1 aromatic heterocycles. The van der Waals surface area contributed by atoms with Crippen molar-refractivity contribution in [3.05, 3.63) is 23.9 Å². The average Bonchev–Trinajstić information content (AvgIpc) is 2.82. The van der Waals surface area contributed by atoms with Crippen LogP contribution >= 0.6 is 11.8 Å². The summed E-state index contributed by atoms with van der Waals surface area (Å²) in [7, 11) is 0. The molecule has 2 atom stereocenters. The molecule has 0 aromatic carbocycles. The summed E-state index contributed by atoms with van der Waals surface area (Å²) in [6, 6.07) is 4.77. The number of hydrogen-bond acceptors (Lipinski definition) is 4. The molecule has 0 aliphatic heterocycles. The van der Waals surface area contributed by atoms with Crippen LogP contribution in [0.15, 0.2) is 23.4 Å². The van der Waals surface area contributed by atoms with Gasteiger partial charge in [0.15, 0.2) is 0 Å². The van der Waals surface area contributed by atoms with E-state index in [-0.39, 0.29) is 5.25 Å². The monoisotopic (exact) mass is 315 g/mol. The third-order valence-corrected chi connectivity index (χ3v) is 4.77. The smallest absolute Gasteiger partial charge is 0.300 e. The second kappa shape index (κ2) is 6.24. The average molecular weight is 315 g/mol. The van der Waals surface area contributed by atoms with Gasteiger partial charge in [-0.25, -0.2) is 4.98 Å². The molecule has 1 aromatic rings. The summed E-state index contributed by atoms with van der Waals surface area (Å²) in [4.78, 5) is 3.87. The normalized spacial score (nSPS) is 25.8. The number of thioether (sulfide) groups is 1. The van der Waals surface area contributed by atoms with E-state index in [1.54, 1.807) is 0 Å². The molecule has 1 heterocycles. The molecule has 0 saturated heterocycles. The predicted molar refractivity (Wildman–Crippen MR) is 74.8 cm³/mol. The molecule has 2 unspecified atom stereocenters. The number of nitrogens with one attached hydrogen (secondary N) is 1. The Morgan fingerprint density at radius 3 is 2.81 bits per heavy atom. The Morgan fingerprint density at radius 1 is 1.52 bits per heavy atom. The van der Waals surface area contributed by atoms with E-state index in [4.69, 9.17) is 0 Å². The Hall–Kier alpha value is -1.26. The predicted octanol–water partition coefficient (Wildman–Crippen LogP) is 3.62. The maximum atomic E-state index is 12.5. The van der Waals surface area contributed by atoms with Crippen LogP contribution in [-0.2, 0) is 6.18 Å². The van der Waals surface area contributed by atoms with Crippen molar-refractivity contribution in [2.75, 3.05) is 6.54 Å². The molecule has 21 heavy (non-hydrogen) atoms. The lowest BCUT2D eigenvalue weighted by molar-refractivity contribution is -0.137. The number of hydrogen-bond donors (Lipinski definition) is 1. The number of alkyl halides is 3. The fraction of sp³-hybridized carbons (Fsp3) is 0.571. The third kappa shape index (κ3) is 3.89. The van der Waals surface area contributed by atoms with Gasteiger partial charge in [0.1, 0.15) is 5.54 Å². The van der Waals surface area contributed by atoms with Crippen molar-refractivity contribution in [2.24, 2.45) is 0 Å². The van der Waals surface area contributed by atoms with Crippen molar-refractivity contribution in [3.8, 4) is 6.07 Å².